The van der Waals surface area contributed by atoms with Crippen LogP contribution in [-0.4, -0.2) is 23.0 Å². The summed E-state index contributed by atoms with van der Waals surface area (Å²) in [6, 6.07) is -0.728. The van der Waals surface area contributed by atoms with E-state index in [9.17, 15) is 9.59 Å². The van der Waals surface area contributed by atoms with Gasteiger partial charge in [0.2, 0.25) is 5.91 Å². The van der Waals surface area contributed by atoms with Crippen molar-refractivity contribution in [2.24, 2.45) is 5.92 Å². The average Bonchev–Trinajstić information content (AvgIpc) is 2.54. The maximum absolute atomic E-state index is 11.7. The largest absolute Gasteiger partial charge is 0.480 e. The fraction of sp³-hybridized carbons (Fsp3) is 0.846. The summed E-state index contributed by atoms with van der Waals surface area (Å²) in [4.78, 5) is 22.5. The molecule has 1 saturated carbocycles. The molecule has 0 spiro atoms. The molecule has 0 heterocycles. The maximum Gasteiger partial charge on any atom is 0.326 e. The number of aliphatic carboxylic acids is 1. The van der Waals surface area contributed by atoms with Crippen molar-refractivity contribution >= 4 is 11.9 Å². The molecule has 0 aromatic rings. The van der Waals surface area contributed by atoms with E-state index in [-0.39, 0.29) is 5.91 Å². The number of amides is 1. The molecule has 0 bridgehead atoms. The molecule has 1 atom stereocenters. The van der Waals surface area contributed by atoms with E-state index >= 15 is 0 Å². The van der Waals surface area contributed by atoms with E-state index in [1.165, 1.54) is 25.7 Å². The normalized spacial score (nSPS) is 19.4. The number of carbonyl (C=O) groups is 2. The fourth-order valence-electron chi connectivity index (χ4n) is 2.42. The molecule has 98 valence electrons. The Morgan fingerprint density at radius 3 is 2.29 bits per heavy atom. The van der Waals surface area contributed by atoms with Crippen LogP contribution in [0, 0.1) is 5.92 Å². The second kappa shape index (κ2) is 7.30. The number of hydrogen-bond acceptors (Lipinski definition) is 2. The lowest BCUT2D eigenvalue weighted by Crippen LogP contribution is -2.40. The minimum Gasteiger partial charge on any atom is -0.480 e. The van der Waals surface area contributed by atoms with E-state index in [0.29, 0.717) is 18.8 Å². The molecule has 4 nitrogen and oxygen atoms in total. The van der Waals surface area contributed by atoms with Crippen LogP contribution in [0.1, 0.15) is 58.3 Å². The van der Waals surface area contributed by atoms with E-state index < -0.39 is 12.0 Å². The standard InChI is InChI=1S/C13H23NO3/c1-2-11(13(16)17)14-12(15)9-10-7-5-3-4-6-8-10/h10-11H,2-9H2,1H3,(H,14,15)(H,16,17). The SMILES string of the molecule is CCC(NC(=O)CC1CCCCCC1)C(=O)O. The van der Waals surface area contributed by atoms with Crippen molar-refractivity contribution in [3.05, 3.63) is 0 Å². The Kier molecular flexibility index (Phi) is 6.01. The average molecular weight is 241 g/mol. The highest BCUT2D eigenvalue weighted by molar-refractivity contribution is 5.83. The third kappa shape index (κ3) is 5.20. The summed E-state index contributed by atoms with van der Waals surface area (Å²) in [5.41, 5.74) is 0. The Balaban J connectivity index is 2.34. The second-order valence-electron chi connectivity index (χ2n) is 4.93. The summed E-state index contributed by atoms with van der Waals surface area (Å²) in [5.74, 6) is -0.600. The maximum atomic E-state index is 11.7. The number of rotatable bonds is 5. The van der Waals surface area contributed by atoms with Crippen molar-refractivity contribution in [3.8, 4) is 0 Å². The van der Waals surface area contributed by atoms with Crippen LogP contribution in [0.5, 0.6) is 0 Å². The fourth-order valence-corrected chi connectivity index (χ4v) is 2.42. The van der Waals surface area contributed by atoms with E-state index in [1.807, 2.05) is 0 Å². The third-order valence-electron chi connectivity index (χ3n) is 3.49. The van der Waals surface area contributed by atoms with E-state index in [4.69, 9.17) is 5.11 Å². The third-order valence-corrected chi connectivity index (χ3v) is 3.49. The highest BCUT2D eigenvalue weighted by Crippen LogP contribution is 2.25. The van der Waals surface area contributed by atoms with Gasteiger partial charge < -0.3 is 10.4 Å². The van der Waals surface area contributed by atoms with Gasteiger partial charge in [-0.3, -0.25) is 4.79 Å². The highest BCUT2D eigenvalue weighted by atomic mass is 16.4. The van der Waals surface area contributed by atoms with Gasteiger partial charge in [-0.05, 0) is 25.2 Å². The summed E-state index contributed by atoms with van der Waals surface area (Å²) in [7, 11) is 0. The summed E-state index contributed by atoms with van der Waals surface area (Å²) in [6.45, 7) is 1.77. The van der Waals surface area contributed by atoms with Gasteiger partial charge in [0.05, 0.1) is 0 Å². The van der Waals surface area contributed by atoms with Crippen LogP contribution >= 0.6 is 0 Å². The highest BCUT2D eigenvalue weighted by Gasteiger charge is 2.20. The molecular weight excluding hydrogens is 218 g/mol. The molecule has 1 unspecified atom stereocenters. The van der Waals surface area contributed by atoms with Gasteiger partial charge in [0.1, 0.15) is 6.04 Å². The van der Waals surface area contributed by atoms with Crippen LogP contribution in [-0.2, 0) is 9.59 Å². The summed E-state index contributed by atoms with van der Waals surface area (Å²) in [6.07, 6.45) is 8.09. The molecular formula is C13H23NO3. The second-order valence-corrected chi connectivity index (χ2v) is 4.93. The van der Waals surface area contributed by atoms with Gasteiger partial charge in [0.25, 0.3) is 0 Å². The summed E-state index contributed by atoms with van der Waals surface area (Å²) < 4.78 is 0. The first-order valence-corrected chi connectivity index (χ1v) is 6.65. The van der Waals surface area contributed by atoms with Crippen LogP contribution in [0.25, 0.3) is 0 Å². The lowest BCUT2D eigenvalue weighted by atomic mass is 9.96. The zero-order chi connectivity index (χ0) is 12.7. The smallest absolute Gasteiger partial charge is 0.326 e. The van der Waals surface area contributed by atoms with Crippen LogP contribution in [0.15, 0.2) is 0 Å². The first kappa shape index (κ1) is 14.0. The van der Waals surface area contributed by atoms with Crippen LogP contribution in [0.2, 0.25) is 0 Å². The van der Waals surface area contributed by atoms with Crippen molar-refractivity contribution in [2.45, 2.75) is 64.3 Å². The van der Waals surface area contributed by atoms with Gasteiger partial charge in [0, 0.05) is 6.42 Å². The lowest BCUT2D eigenvalue weighted by Gasteiger charge is -2.16. The molecule has 4 heteroatoms. The number of carboxylic acids is 1. The van der Waals surface area contributed by atoms with Crippen molar-refractivity contribution in [1.82, 2.24) is 5.32 Å². The Morgan fingerprint density at radius 1 is 1.24 bits per heavy atom. The van der Waals surface area contributed by atoms with Gasteiger partial charge in [-0.25, -0.2) is 4.79 Å². The molecule has 1 amide bonds. The van der Waals surface area contributed by atoms with Gasteiger partial charge in [0.15, 0.2) is 0 Å². The number of nitrogens with one attached hydrogen (secondary N) is 1. The molecule has 1 aliphatic carbocycles. The zero-order valence-corrected chi connectivity index (χ0v) is 10.6. The van der Waals surface area contributed by atoms with E-state index in [1.54, 1.807) is 6.92 Å². The monoisotopic (exact) mass is 241 g/mol. The number of carbonyl (C=O) groups excluding carboxylic acids is 1. The van der Waals surface area contributed by atoms with Crippen LogP contribution < -0.4 is 5.32 Å². The van der Waals surface area contributed by atoms with Crippen LogP contribution in [0.4, 0.5) is 0 Å². The molecule has 2 N–H and O–H groups in total. The predicted molar refractivity (Wildman–Crippen MR) is 65.7 cm³/mol. The van der Waals surface area contributed by atoms with Crippen molar-refractivity contribution in [3.63, 3.8) is 0 Å². The van der Waals surface area contributed by atoms with E-state index in [0.717, 1.165) is 12.8 Å². The molecule has 17 heavy (non-hydrogen) atoms. The lowest BCUT2D eigenvalue weighted by molar-refractivity contribution is -0.142. The Bertz CT molecular complexity index is 257. The molecule has 1 fully saturated rings. The molecule has 1 rings (SSSR count). The van der Waals surface area contributed by atoms with Crippen molar-refractivity contribution < 1.29 is 14.7 Å². The van der Waals surface area contributed by atoms with Gasteiger partial charge in [-0.2, -0.15) is 0 Å². The molecule has 1 aliphatic rings. The Hall–Kier alpha value is -1.06. The molecule has 0 aromatic heterocycles. The minimum atomic E-state index is -0.943. The van der Waals surface area contributed by atoms with Crippen molar-refractivity contribution in [2.75, 3.05) is 0 Å². The quantitative estimate of drug-likeness (QED) is 0.726. The van der Waals surface area contributed by atoms with Gasteiger partial charge in [-0.1, -0.05) is 32.6 Å². The predicted octanol–water partition coefficient (Wildman–Crippen LogP) is 2.33. The summed E-state index contributed by atoms with van der Waals surface area (Å²) >= 11 is 0. The van der Waals surface area contributed by atoms with Crippen molar-refractivity contribution in [1.29, 1.82) is 0 Å². The number of carboxylic acid groups (broad SMARTS) is 1. The van der Waals surface area contributed by atoms with Gasteiger partial charge >= 0.3 is 5.97 Å². The molecule has 0 radical (unpaired) electrons. The van der Waals surface area contributed by atoms with Crippen LogP contribution in [0.3, 0.4) is 0 Å². The topological polar surface area (TPSA) is 66.4 Å². The first-order valence-electron chi connectivity index (χ1n) is 6.65. The van der Waals surface area contributed by atoms with Gasteiger partial charge in [-0.15, -0.1) is 0 Å². The molecule has 0 aliphatic heterocycles. The Morgan fingerprint density at radius 2 is 1.82 bits per heavy atom. The summed E-state index contributed by atoms with van der Waals surface area (Å²) in [5, 5.41) is 11.5. The molecule has 0 saturated heterocycles. The Labute approximate surface area is 103 Å². The minimum absolute atomic E-state index is 0.105. The first-order chi connectivity index (χ1) is 8.13. The molecule has 0 aromatic carbocycles. The zero-order valence-electron chi connectivity index (χ0n) is 10.6. The van der Waals surface area contributed by atoms with E-state index in [2.05, 4.69) is 5.32 Å². The number of hydrogen-bond donors (Lipinski definition) is 2.